The van der Waals surface area contributed by atoms with Crippen molar-refractivity contribution in [1.82, 2.24) is 9.88 Å². The highest BCUT2D eigenvalue weighted by Gasteiger charge is 2.20. The van der Waals surface area contributed by atoms with E-state index in [2.05, 4.69) is 16.0 Å². The van der Waals surface area contributed by atoms with E-state index < -0.39 is 0 Å². The van der Waals surface area contributed by atoms with Crippen LogP contribution in [0.25, 0.3) is 11.3 Å². The highest BCUT2D eigenvalue weighted by molar-refractivity contribution is 7.14. The Labute approximate surface area is 133 Å². The molecular weight excluding hydrogens is 296 g/mol. The molecule has 1 aliphatic heterocycles. The van der Waals surface area contributed by atoms with Gasteiger partial charge in [-0.1, -0.05) is 12.1 Å². The van der Waals surface area contributed by atoms with Gasteiger partial charge in [0.2, 0.25) is 5.91 Å². The Bertz CT molecular complexity index is 726. The zero-order valence-corrected chi connectivity index (χ0v) is 13.1. The third-order valence-corrected chi connectivity index (χ3v) is 4.68. The molecule has 0 unspecified atom stereocenters. The monoisotopic (exact) mass is 312 g/mol. The molecule has 1 fully saturated rings. The van der Waals surface area contributed by atoms with Gasteiger partial charge in [0.1, 0.15) is 0 Å². The minimum atomic E-state index is 0.132. The number of benzene rings is 1. The standard InChI is InChI=1S/C16H16N4OS/c1-12(21)19-5-7-20(8-6-19)16-18-15(11-22-16)14-4-2-3-13(9-14)10-17/h2-4,9,11H,5-8H2,1H3. The minimum Gasteiger partial charge on any atom is -0.345 e. The summed E-state index contributed by atoms with van der Waals surface area (Å²) in [5, 5.41) is 12.0. The van der Waals surface area contributed by atoms with Gasteiger partial charge >= 0.3 is 0 Å². The Hall–Kier alpha value is -2.39. The van der Waals surface area contributed by atoms with Gasteiger partial charge in [0.25, 0.3) is 0 Å². The molecule has 2 heterocycles. The van der Waals surface area contributed by atoms with Gasteiger partial charge in [0, 0.05) is 44.0 Å². The van der Waals surface area contributed by atoms with E-state index in [0.717, 1.165) is 42.6 Å². The zero-order valence-electron chi connectivity index (χ0n) is 12.3. The zero-order chi connectivity index (χ0) is 15.5. The van der Waals surface area contributed by atoms with Gasteiger partial charge in [0.15, 0.2) is 5.13 Å². The molecule has 3 rings (SSSR count). The summed E-state index contributed by atoms with van der Waals surface area (Å²) in [6.07, 6.45) is 0. The Morgan fingerprint density at radius 1 is 1.32 bits per heavy atom. The first-order valence-electron chi connectivity index (χ1n) is 7.14. The van der Waals surface area contributed by atoms with Crippen LogP contribution in [0.4, 0.5) is 5.13 Å². The lowest BCUT2D eigenvalue weighted by molar-refractivity contribution is -0.129. The molecule has 0 bridgehead atoms. The molecular formula is C16H16N4OS. The number of carbonyl (C=O) groups is 1. The highest BCUT2D eigenvalue weighted by atomic mass is 32.1. The van der Waals surface area contributed by atoms with Crippen molar-refractivity contribution < 1.29 is 4.79 Å². The lowest BCUT2D eigenvalue weighted by Gasteiger charge is -2.33. The molecule has 0 atom stereocenters. The number of anilines is 1. The molecule has 1 amide bonds. The van der Waals surface area contributed by atoms with Crippen molar-refractivity contribution in [1.29, 1.82) is 5.26 Å². The second-order valence-corrected chi connectivity index (χ2v) is 6.04. The van der Waals surface area contributed by atoms with Gasteiger partial charge in [-0.25, -0.2) is 4.98 Å². The molecule has 1 aromatic heterocycles. The van der Waals surface area contributed by atoms with Gasteiger partial charge in [-0.15, -0.1) is 11.3 Å². The van der Waals surface area contributed by atoms with E-state index in [1.165, 1.54) is 0 Å². The summed E-state index contributed by atoms with van der Waals surface area (Å²) in [6, 6.07) is 9.63. The first-order valence-corrected chi connectivity index (χ1v) is 8.02. The molecule has 1 saturated heterocycles. The quantitative estimate of drug-likeness (QED) is 0.854. The summed E-state index contributed by atoms with van der Waals surface area (Å²) in [6.45, 7) is 4.72. The maximum Gasteiger partial charge on any atom is 0.219 e. The summed E-state index contributed by atoms with van der Waals surface area (Å²) >= 11 is 1.60. The van der Waals surface area contributed by atoms with Gasteiger partial charge < -0.3 is 9.80 Å². The number of rotatable bonds is 2. The van der Waals surface area contributed by atoms with E-state index in [1.807, 2.05) is 28.5 Å². The van der Waals surface area contributed by atoms with Gasteiger partial charge in [-0.2, -0.15) is 5.26 Å². The fraction of sp³-hybridized carbons (Fsp3) is 0.312. The van der Waals surface area contributed by atoms with E-state index in [1.54, 1.807) is 24.3 Å². The molecule has 0 aliphatic carbocycles. The fourth-order valence-corrected chi connectivity index (χ4v) is 3.39. The number of nitriles is 1. The van der Waals surface area contributed by atoms with Crippen molar-refractivity contribution in [2.24, 2.45) is 0 Å². The predicted octanol–water partition coefficient (Wildman–Crippen LogP) is 2.35. The molecule has 1 aliphatic rings. The van der Waals surface area contributed by atoms with Crippen LogP contribution in [0.2, 0.25) is 0 Å². The number of thiazole rings is 1. The fourth-order valence-electron chi connectivity index (χ4n) is 2.50. The summed E-state index contributed by atoms with van der Waals surface area (Å²) in [5.41, 5.74) is 2.50. The Kier molecular flexibility index (Phi) is 4.07. The van der Waals surface area contributed by atoms with Crippen LogP contribution in [0.15, 0.2) is 29.6 Å². The average molecular weight is 312 g/mol. The van der Waals surface area contributed by atoms with E-state index in [-0.39, 0.29) is 5.91 Å². The van der Waals surface area contributed by atoms with Gasteiger partial charge in [-0.3, -0.25) is 4.79 Å². The van der Waals surface area contributed by atoms with Crippen LogP contribution in [0.3, 0.4) is 0 Å². The smallest absolute Gasteiger partial charge is 0.219 e. The number of hydrogen-bond donors (Lipinski definition) is 0. The van der Waals surface area contributed by atoms with E-state index in [9.17, 15) is 4.79 Å². The SMILES string of the molecule is CC(=O)N1CCN(c2nc(-c3cccc(C#N)c3)cs2)CC1. The first-order chi connectivity index (χ1) is 10.7. The normalized spacial score (nSPS) is 14.7. The van der Waals surface area contributed by atoms with Crippen molar-refractivity contribution in [3.8, 4) is 17.3 Å². The molecule has 0 spiro atoms. The van der Waals surface area contributed by atoms with Crippen molar-refractivity contribution >= 4 is 22.4 Å². The van der Waals surface area contributed by atoms with E-state index in [0.29, 0.717) is 5.56 Å². The number of aromatic nitrogens is 1. The third kappa shape index (κ3) is 2.95. The number of amides is 1. The van der Waals surface area contributed by atoms with Crippen molar-refractivity contribution in [2.75, 3.05) is 31.1 Å². The van der Waals surface area contributed by atoms with Crippen LogP contribution >= 0.6 is 11.3 Å². The number of nitrogens with zero attached hydrogens (tertiary/aromatic N) is 4. The molecule has 2 aromatic rings. The predicted molar refractivity (Wildman–Crippen MR) is 86.7 cm³/mol. The lowest BCUT2D eigenvalue weighted by Crippen LogP contribution is -2.48. The number of carbonyl (C=O) groups excluding carboxylic acids is 1. The topological polar surface area (TPSA) is 60.2 Å². The van der Waals surface area contributed by atoms with Crippen LogP contribution in [0.1, 0.15) is 12.5 Å². The van der Waals surface area contributed by atoms with Crippen LogP contribution in [0.5, 0.6) is 0 Å². The molecule has 112 valence electrons. The van der Waals surface area contributed by atoms with Crippen LogP contribution in [-0.2, 0) is 4.79 Å². The highest BCUT2D eigenvalue weighted by Crippen LogP contribution is 2.28. The number of piperazine rings is 1. The van der Waals surface area contributed by atoms with E-state index in [4.69, 9.17) is 5.26 Å². The molecule has 0 radical (unpaired) electrons. The van der Waals surface area contributed by atoms with Crippen molar-refractivity contribution in [3.63, 3.8) is 0 Å². The Morgan fingerprint density at radius 2 is 2.09 bits per heavy atom. The Morgan fingerprint density at radius 3 is 2.77 bits per heavy atom. The second-order valence-electron chi connectivity index (χ2n) is 5.20. The molecule has 0 saturated carbocycles. The maximum atomic E-state index is 11.4. The summed E-state index contributed by atoms with van der Waals surface area (Å²) < 4.78 is 0. The average Bonchev–Trinajstić information content (AvgIpc) is 3.05. The van der Waals surface area contributed by atoms with Crippen LogP contribution in [-0.4, -0.2) is 42.0 Å². The van der Waals surface area contributed by atoms with Gasteiger partial charge in [0.05, 0.1) is 17.3 Å². The molecule has 5 nitrogen and oxygen atoms in total. The van der Waals surface area contributed by atoms with Crippen molar-refractivity contribution in [3.05, 3.63) is 35.2 Å². The van der Waals surface area contributed by atoms with Crippen LogP contribution < -0.4 is 4.90 Å². The van der Waals surface area contributed by atoms with Crippen LogP contribution in [0, 0.1) is 11.3 Å². The summed E-state index contributed by atoms with van der Waals surface area (Å²) in [7, 11) is 0. The van der Waals surface area contributed by atoms with Crippen molar-refractivity contribution in [2.45, 2.75) is 6.92 Å². The Balaban J connectivity index is 1.74. The minimum absolute atomic E-state index is 0.132. The van der Waals surface area contributed by atoms with E-state index >= 15 is 0 Å². The molecule has 0 N–H and O–H groups in total. The molecule has 1 aromatic carbocycles. The third-order valence-electron chi connectivity index (χ3n) is 3.78. The first kappa shape index (κ1) is 14.5. The lowest BCUT2D eigenvalue weighted by atomic mass is 10.1. The summed E-state index contributed by atoms with van der Waals surface area (Å²) in [4.78, 5) is 20.1. The second kappa shape index (κ2) is 6.16. The largest absolute Gasteiger partial charge is 0.345 e. The number of hydrogen-bond acceptors (Lipinski definition) is 5. The van der Waals surface area contributed by atoms with Gasteiger partial charge in [-0.05, 0) is 12.1 Å². The molecule has 6 heteroatoms. The molecule has 22 heavy (non-hydrogen) atoms. The summed E-state index contributed by atoms with van der Waals surface area (Å²) in [5.74, 6) is 0.132. The maximum absolute atomic E-state index is 11.4.